The number of aryl methyl sites for hydroxylation is 2. The predicted octanol–water partition coefficient (Wildman–Crippen LogP) is 4.83. The third kappa shape index (κ3) is 6.24. The molecule has 0 saturated heterocycles. The molecular weight excluding hydrogens is 458 g/mol. The van der Waals surface area contributed by atoms with Crippen molar-refractivity contribution in [2.45, 2.75) is 41.0 Å². The van der Waals surface area contributed by atoms with Crippen LogP contribution >= 0.6 is 0 Å². The zero-order chi connectivity index (χ0) is 25.5. The van der Waals surface area contributed by atoms with Crippen LogP contribution in [0.4, 0.5) is 5.69 Å². The van der Waals surface area contributed by atoms with Gasteiger partial charge in [-0.15, -0.1) is 0 Å². The highest BCUT2D eigenvalue weighted by atomic mass is 16.5. The second-order valence-electron chi connectivity index (χ2n) is 8.22. The molecule has 0 fully saturated rings. The van der Waals surface area contributed by atoms with Gasteiger partial charge in [0.2, 0.25) is 0 Å². The molecule has 0 saturated carbocycles. The van der Waals surface area contributed by atoms with E-state index < -0.39 is 0 Å². The van der Waals surface area contributed by atoms with Crippen LogP contribution in [0.3, 0.4) is 0 Å². The predicted molar refractivity (Wildman–Crippen MR) is 137 cm³/mol. The number of amides is 1. The Hall–Kier alpha value is -4.27. The summed E-state index contributed by atoms with van der Waals surface area (Å²) in [5, 5.41) is 11.7. The van der Waals surface area contributed by atoms with Gasteiger partial charge in [-0.05, 0) is 81.8 Å². The van der Waals surface area contributed by atoms with Gasteiger partial charge in [-0.25, -0.2) is 4.68 Å². The van der Waals surface area contributed by atoms with Crippen molar-refractivity contribution >= 4 is 11.6 Å². The molecule has 0 aliphatic carbocycles. The molecule has 9 heteroatoms. The Morgan fingerprint density at radius 2 is 1.64 bits per heavy atom. The minimum Gasteiger partial charge on any atom is -0.490 e. The lowest BCUT2D eigenvalue weighted by Crippen LogP contribution is -2.15. The first-order valence-corrected chi connectivity index (χ1v) is 11.9. The van der Waals surface area contributed by atoms with Crippen LogP contribution in [0.15, 0.2) is 60.8 Å². The molecule has 0 atom stereocenters. The number of nitrogens with zero attached hydrogens (tertiary/aromatic N) is 4. The number of aromatic nitrogens is 4. The molecule has 0 radical (unpaired) electrons. The third-order valence-electron chi connectivity index (χ3n) is 5.38. The van der Waals surface area contributed by atoms with Crippen molar-refractivity contribution in [1.29, 1.82) is 0 Å². The van der Waals surface area contributed by atoms with Crippen LogP contribution in [-0.2, 0) is 13.3 Å². The van der Waals surface area contributed by atoms with E-state index in [0.29, 0.717) is 49.4 Å². The summed E-state index contributed by atoms with van der Waals surface area (Å²) in [5.41, 5.74) is 3.93. The molecule has 0 unspecified atom stereocenters. The number of ether oxygens (including phenoxy) is 3. The molecule has 0 spiro atoms. The van der Waals surface area contributed by atoms with Crippen LogP contribution in [0.5, 0.6) is 17.2 Å². The second kappa shape index (κ2) is 11.4. The first-order chi connectivity index (χ1) is 17.4. The van der Waals surface area contributed by atoms with Gasteiger partial charge < -0.3 is 19.5 Å². The maximum atomic E-state index is 12.6. The molecule has 2 aromatic heterocycles. The summed E-state index contributed by atoms with van der Waals surface area (Å²) >= 11 is 0. The smallest absolute Gasteiger partial charge is 0.276 e. The van der Waals surface area contributed by atoms with Crippen LogP contribution in [0.1, 0.15) is 41.3 Å². The second-order valence-corrected chi connectivity index (χ2v) is 8.22. The van der Waals surface area contributed by atoms with E-state index in [2.05, 4.69) is 15.5 Å². The molecule has 9 nitrogen and oxygen atoms in total. The number of rotatable bonds is 11. The van der Waals surface area contributed by atoms with Gasteiger partial charge in [0.1, 0.15) is 19.0 Å². The van der Waals surface area contributed by atoms with Gasteiger partial charge in [-0.2, -0.15) is 10.2 Å². The Balaban J connectivity index is 1.32. The molecule has 0 aliphatic rings. The van der Waals surface area contributed by atoms with E-state index in [1.165, 1.54) is 0 Å². The lowest BCUT2D eigenvalue weighted by molar-refractivity contribution is 0.102. The van der Waals surface area contributed by atoms with E-state index in [1.54, 1.807) is 29.1 Å². The monoisotopic (exact) mass is 489 g/mol. The zero-order valence-corrected chi connectivity index (χ0v) is 21.0. The number of anilines is 1. The fourth-order valence-corrected chi connectivity index (χ4v) is 3.70. The SMILES string of the molecule is CCOc1ccc(COc2ccc(NC(=O)c3ccn(Cn4nc(C)cc4C)n3)cc2)cc1OCC. The molecule has 36 heavy (non-hydrogen) atoms. The van der Waals surface area contributed by atoms with Crippen molar-refractivity contribution < 1.29 is 19.0 Å². The highest BCUT2D eigenvalue weighted by Gasteiger charge is 2.12. The molecule has 188 valence electrons. The maximum absolute atomic E-state index is 12.6. The first-order valence-electron chi connectivity index (χ1n) is 11.9. The van der Waals surface area contributed by atoms with Gasteiger partial charge in [-0.3, -0.25) is 9.48 Å². The number of hydrogen-bond acceptors (Lipinski definition) is 6. The fraction of sp³-hybridized carbons (Fsp3) is 0.296. The van der Waals surface area contributed by atoms with Crippen LogP contribution in [0, 0.1) is 13.8 Å². The highest BCUT2D eigenvalue weighted by molar-refractivity contribution is 6.02. The quantitative estimate of drug-likeness (QED) is 0.324. The summed E-state index contributed by atoms with van der Waals surface area (Å²) < 4.78 is 20.7. The average Bonchev–Trinajstić information content (AvgIpc) is 3.46. The van der Waals surface area contributed by atoms with Crippen molar-refractivity contribution in [3.63, 3.8) is 0 Å². The van der Waals surface area contributed by atoms with E-state index in [4.69, 9.17) is 14.2 Å². The summed E-state index contributed by atoms with van der Waals surface area (Å²) in [6.07, 6.45) is 1.76. The Kier molecular flexibility index (Phi) is 7.89. The molecule has 0 aliphatic heterocycles. The normalized spacial score (nSPS) is 10.8. The van der Waals surface area contributed by atoms with Crippen LogP contribution in [0.2, 0.25) is 0 Å². The summed E-state index contributed by atoms with van der Waals surface area (Å²) in [5.74, 6) is 1.83. The largest absolute Gasteiger partial charge is 0.490 e. The molecule has 0 bridgehead atoms. The molecular formula is C27H31N5O4. The Bertz CT molecular complexity index is 1310. The Morgan fingerprint density at radius 3 is 2.33 bits per heavy atom. The zero-order valence-electron chi connectivity index (χ0n) is 21.0. The van der Waals surface area contributed by atoms with Gasteiger partial charge in [0.15, 0.2) is 17.2 Å². The highest BCUT2D eigenvalue weighted by Crippen LogP contribution is 2.29. The van der Waals surface area contributed by atoms with Crippen molar-refractivity contribution in [3.05, 3.63) is 83.4 Å². The van der Waals surface area contributed by atoms with Crippen LogP contribution in [-0.4, -0.2) is 38.7 Å². The number of carbonyl (C=O) groups is 1. The van der Waals surface area contributed by atoms with Crippen LogP contribution in [0.25, 0.3) is 0 Å². The molecule has 2 aromatic carbocycles. The van der Waals surface area contributed by atoms with Crippen molar-refractivity contribution in [3.8, 4) is 17.2 Å². The maximum Gasteiger partial charge on any atom is 0.276 e. The van der Waals surface area contributed by atoms with Crippen molar-refractivity contribution in [2.75, 3.05) is 18.5 Å². The minimum absolute atomic E-state index is 0.284. The van der Waals surface area contributed by atoms with E-state index in [-0.39, 0.29) is 5.91 Å². The molecule has 1 N–H and O–H groups in total. The molecule has 4 rings (SSSR count). The summed E-state index contributed by atoms with van der Waals surface area (Å²) in [4.78, 5) is 12.6. The van der Waals surface area contributed by atoms with Gasteiger partial charge in [0.05, 0.1) is 18.9 Å². The third-order valence-corrected chi connectivity index (χ3v) is 5.38. The Labute approximate surface area is 210 Å². The summed E-state index contributed by atoms with van der Waals surface area (Å²) in [7, 11) is 0. The lowest BCUT2D eigenvalue weighted by atomic mass is 10.2. The first kappa shape index (κ1) is 24.8. The fourth-order valence-electron chi connectivity index (χ4n) is 3.70. The number of hydrogen-bond donors (Lipinski definition) is 1. The van der Waals surface area contributed by atoms with Gasteiger partial charge in [0, 0.05) is 17.6 Å². The average molecular weight is 490 g/mol. The standard InChI is InChI=1S/C27H31N5O4/c1-5-34-25-12-7-21(16-26(25)35-6-2)17-36-23-10-8-22(9-11-23)28-27(33)24-13-14-31(30-24)18-32-20(4)15-19(3)29-32/h7-16H,5-6,17-18H2,1-4H3,(H,28,33). The van der Waals surface area contributed by atoms with E-state index >= 15 is 0 Å². The molecule has 1 amide bonds. The summed E-state index contributed by atoms with van der Waals surface area (Å²) in [6.45, 7) is 9.77. The number of benzene rings is 2. The van der Waals surface area contributed by atoms with E-state index in [9.17, 15) is 4.79 Å². The topological polar surface area (TPSA) is 92.4 Å². The van der Waals surface area contributed by atoms with Crippen molar-refractivity contribution in [1.82, 2.24) is 19.6 Å². The van der Waals surface area contributed by atoms with Gasteiger partial charge in [-0.1, -0.05) is 6.07 Å². The van der Waals surface area contributed by atoms with Gasteiger partial charge >= 0.3 is 0 Å². The lowest BCUT2D eigenvalue weighted by Gasteiger charge is -2.13. The Morgan fingerprint density at radius 1 is 0.889 bits per heavy atom. The summed E-state index contributed by atoms with van der Waals surface area (Å²) in [6, 6.07) is 16.7. The van der Waals surface area contributed by atoms with Gasteiger partial charge in [0.25, 0.3) is 5.91 Å². The molecule has 2 heterocycles. The van der Waals surface area contributed by atoms with Crippen molar-refractivity contribution in [2.24, 2.45) is 0 Å². The van der Waals surface area contributed by atoms with Crippen LogP contribution < -0.4 is 19.5 Å². The number of nitrogens with one attached hydrogen (secondary N) is 1. The number of carbonyl (C=O) groups excluding carboxylic acids is 1. The van der Waals surface area contributed by atoms with E-state index in [0.717, 1.165) is 22.7 Å². The molecule has 4 aromatic rings. The minimum atomic E-state index is -0.284. The van der Waals surface area contributed by atoms with E-state index in [1.807, 2.05) is 68.8 Å².